The van der Waals surface area contributed by atoms with Crippen molar-refractivity contribution in [3.8, 4) is 0 Å². The van der Waals surface area contributed by atoms with Crippen molar-refractivity contribution in [1.29, 1.82) is 0 Å². The van der Waals surface area contributed by atoms with E-state index >= 15 is 0 Å². The van der Waals surface area contributed by atoms with Crippen molar-refractivity contribution in [2.45, 2.75) is 26.7 Å². The molecule has 4 heteroatoms. The van der Waals surface area contributed by atoms with Crippen molar-refractivity contribution in [3.63, 3.8) is 0 Å². The van der Waals surface area contributed by atoms with Crippen molar-refractivity contribution >= 4 is 33.4 Å². The van der Waals surface area contributed by atoms with Crippen molar-refractivity contribution in [2.24, 2.45) is 11.8 Å². The Balaban J connectivity index is 1.95. The monoisotopic (exact) mass is 333 g/mol. The first-order valence-electron chi connectivity index (χ1n) is 6.77. The van der Waals surface area contributed by atoms with Gasteiger partial charge in [0.15, 0.2) is 0 Å². The number of allylic oxidation sites excluding steroid dienone is 2. The van der Waals surface area contributed by atoms with Crippen LogP contribution in [0.1, 0.15) is 26.7 Å². The van der Waals surface area contributed by atoms with Crippen molar-refractivity contribution < 1.29 is 9.59 Å². The van der Waals surface area contributed by atoms with Crippen LogP contribution in [0.5, 0.6) is 0 Å². The van der Waals surface area contributed by atoms with Crippen LogP contribution in [0.2, 0.25) is 0 Å². The van der Waals surface area contributed by atoms with Crippen LogP contribution in [0.4, 0.5) is 5.69 Å². The quantitative estimate of drug-likeness (QED) is 0.580. The van der Waals surface area contributed by atoms with Gasteiger partial charge in [0.25, 0.3) is 0 Å². The number of carbonyl (C=O) groups excluding carboxylic acids is 2. The summed E-state index contributed by atoms with van der Waals surface area (Å²) < 4.78 is 0.936. The minimum absolute atomic E-state index is 0.0471. The number of benzene rings is 1. The maximum absolute atomic E-state index is 12.6. The molecule has 1 heterocycles. The van der Waals surface area contributed by atoms with Crippen LogP contribution in [0.3, 0.4) is 0 Å². The lowest BCUT2D eigenvalue weighted by molar-refractivity contribution is -0.122. The molecule has 1 fully saturated rings. The first-order valence-corrected chi connectivity index (χ1v) is 7.57. The molecular weight excluding hydrogens is 318 g/mol. The molecule has 1 aliphatic heterocycles. The van der Waals surface area contributed by atoms with Crippen LogP contribution >= 0.6 is 15.9 Å². The minimum atomic E-state index is -0.171. The van der Waals surface area contributed by atoms with Crippen molar-refractivity contribution in [3.05, 3.63) is 39.9 Å². The van der Waals surface area contributed by atoms with E-state index in [1.807, 2.05) is 24.3 Å². The molecule has 0 radical (unpaired) electrons. The second-order valence-electron chi connectivity index (χ2n) is 5.67. The Kier molecular flexibility index (Phi) is 3.28. The minimum Gasteiger partial charge on any atom is -0.274 e. The maximum atomic E-state index is 12.6. The lowest BCUT2D eigenvalue weighted by atomic mass is 9.78. The van der Waals surface area contributed by atoms with Crippen LogP contribution in [0, 0.1) is 11.8 Å². The molecule has 0 spiro atoms. The highest BCUT2D eigenvalue weighted by Crippen LogP contribution is 2.42. The molecule has 0 aromatic heterocycles. The van der Waals surface area contributed by atoms with Gasteiger partial charge in [0.2, 0.25) is 11.8 Å². The van der Waals surface area contributed by atoms with Gasteiger partial charge >= 0.3 is 0 Å². The van der Waals surface area contributed by atoms with E-state index in [1.165, 1.54) is 16.0 Å². The Morgan fingerprint density at radius 1 is 0.950 bits per heavy atom. The average molecular weight is 334 g/mol. The summed E-state index contributed by atoms with van der Waals surface area (Å²) in [6.07, 6.45) is 1.43. The van der Waals surface area contributed by atoms with Gasteiger partial charge in [-0.3, -0.25) is 14.5 Å². The highest BCUT2D eigenvalue weighted by Gasteiger charge is 2.49. The Labute approximate surface area is 126 Å². The number of fused-ring (bicyclic) bond motifs is 1. The van der Waals surface area contributed by atoms with Crippen LogP contribution < -0.4 is 4.90 Å². The summed E-state index contributed by atoms with van der Waals surface area (Å²) in [7, 11) is 0. The van der Waals surface area contributed by atoms with Gasteiger partial charge in [0, 0.05) is 4.47 Å². The Bertz CT molecular complexity index is 586. The SMILES string of the molecule is CC1=C(C)C[C@@H]2C(=O)N(c3ccc(Br)cc3)C(=O)[C@H]2C1. The van der Waals surface area contributed by atoms with Gasteiger partial charge in [0.05, 0.1) is 17.5 Å². The third kappa shape index (κ3) is 2.03. The normalized spacial score (nSPS) is 26.2. The Morgan fingerprint density at radius 3 is 1.85 bits per heavy atom. The number of anilines is 1. The number of rotatable bonds is 1. The molecule has 2 amide bonds. The van der Waals surface area contributed by atoms with Crippen LogP contribution in [-0.4, -0.2) is 11.8 Å². The topological polar surface area (TPSA) is 37.4 Å². The Morgan fingerprint density at radius 2 is 1.40 bits per heavy atom. The van der Waals surface area contributed by atoms with E-state index in [0.29, 0.717) is 18.5 Å². The summed E-state index contributed by atoms with van der Waals surface area (Å²) in [4.78, 5) is 26.5. The fraction of sp³-hybridized carbons (Fsp3) is 0.375. The molecule has 1 aromatic carbocycles. The zero-order valence-corrected chi connectivity index (χ0v) is 13.1. The van der Waals surface area contributed by atoms with Crippen molar-refractivity contribution in [1.82, 2.24) is 0 Å². The highest BCUT2D eigenvalue weighted by atomic mass is 79.9. The van der Waals surface area contributed by atoms with Gasteiger partial charge < -0.3 is 0 Å². The number of nitrogens with zero attached hydrogens (tertiary/aromatic N) is 1. The molecule has 3 rings (SSSR count). The van der Waals surface area contributed by atoms with Crippen LogP contribution in [0.25, 0.3) is 0 Å². The fourth-order valence-corrected chi connectivity index (χ4v) is 3.36. The summed E-state index contributed by atoms with van der Waals surface area (Å²) in [6.45, 7) is 4.12. The van der Waals surface area contributed by atoms with Crippen LogP contribution in [0.15, 0.2) is 39.9 Å². The number of hydrogen-bond acceptors (Lipinski definition) is 2. The van der Waals surface area contributed by atoms with E-state index in [0.717, 1.165) is 4.47 Å². The zero-order valence-electron chi connectivity index (χ0n) is 11.5. The summed E-state index contributed by atoms with van der Waals surface area (Å²) in [5, 5.41) is 0. The van der Waals surface area contributed by atoms with Gasteiger partial charge in [-0.25, -0.2) is 0 Å². The van der Waals surface area contributed by atoms with E-state index < -0.39 is 0 Å². The smallest absolute Gasteiger partial charge is 0.238 e. The third-order valence-corrected chi connectivity index (χ3v) is 4.96. The van der Waals surface area contributed by atoms with E-state index in [9.17, 15) is 9.59 Å². The Hall–Kier alpha value is -1.42. The number of imide groups is 1. The van der Waals surface area contributed by atoms with E-state index in [4.69, 9.17) is 0 Å². The standard InChI is InChI=1S/C16H16BrNO2/c1-9-7-13-14(8-10(9)2)16(20)18(15(13)19)12-5-3-11(17)4-6-12/h3-6,13-14H,7-8H2,1-2H3/t13-,14-/m0/s1. The van der Waals surface area contributed by atoms with Gasteiger partial charge in [-0.05, 0) is 51.0 Å². The summed E-state index contributed by atoms with van der Waals surface area (Å²) in [5.74, 6) is -0.437. The molecule has 0 bridgehead atoms. The predicted molar refractivity (Wildman–Crippen MR) is 81.2 cm³/mol. The van der Waals surface area contributed by atoms with Gasteiger partial charge in [-0.15, -0.1) is 0 Å². The molecule has 2 aliphatic rings. The lowest BCUT2D eigenvalue weighted by Crippen LogP contribution is -2.30. The molecule has 3 nitrogen and oxygen atoms in total. The predicted octanol–water partition coefficient (Wildman–Crippen LogP) is 3.68. The molecule has 2 atom stereocenters. The van der Waals surface area contributed by atoms with Gasteiger partial charge in [0.1, 0.15) is 0 Å². The van der Waals surface area contributed by atoms with Gasteiger partial charge in [-0.2, -0.15) is 0 Å². The highest BCUT2D eigenvalue weighted by molar-refractivity contribution is 9.10. The summed E-state index contributed by atoms with van der Waals surface area (Å²) in [5.41, 5.74) is 3.18. The first-order chi connectivity index (χ1) is 9.49. The number of amides is 2. The van der Waals surface area contributed by atoms with Crippen LogP contribution in [-0.2, 0) is 9.59 Å². The summed E-state index contributed by atoms with van der Waals surface area (Å²) in [6, 6.07) is 7.33. The maximum Gasteiger partial charge on any atom is 0.238 e. The molecule has 1 saturated heterocycles. The zero-order chi connectivity index (χ0) is 14.4. The van der Waals surface area contributed by atoms with Crippen molar-refractivity contribution in [2.75, 3.05) is 4.90 Å². The fourth-order valence-electron chi connectivity index (χ4n) is 3.10. The molecule has 1 aliphatic carbocycles. The number of carbonyl (C=O) groups is 2. The summed E-state index contributed by atoms with van der Waals surface area (Å²) >= 11 is 3.37. The number of hydrogen-bond donors (Lipinski definition) is 0. The number of halogens is 1. The lowest BCUT2D eigenvalue weighted by Gasteiger charge is -2.23. The molecule has 104 valence electrons. The van der Waals surface area contributed by atoms with Gasteiger partial charge in [-0.1, -0.05) is 27.1 Å². The van der Waals surface area contributed by atoms with E-state index in [-0.39, 0.29) is 23.7 Å². The second kappa shape index (κ2) is 4.85. The van der Waals surface area contributed by atoms with E-state index in [2.05, 4.69) is 29.8 Å². The largest absolute Gasteiger partial charge is 0.274 e. The average Bonchev–Trinajstić information content (AvgIpc) is 2.65. The van der Waals surface area contributed by atoms with E-state index in [1.54, 1.807) is 0 Å². The second-order valence-corrected chi connectivity index (χ2v) is 6.59. The molecular formula is C16H16BrNO2. The third-order valence-electron chi connectivity index (χ3n) is 4.43. The molecule has 0 saturated carbocycles. The molecule has 0 unspecified atom stereocenters. The molecule has 20 heavy (non-hydrogen) atoms. The first kappa shape index (κ1) is 13.6. The molecule has 0 N–H and O–H groups in total. The molecule has 1 aromatic rings.